The van der Waals surface area contributed by atoms with Crippen LogP contribution in [0.3, 0.4) is 0 Å². The molecule has 110 valence electrons. The zero-order valence-electron chi connectivity index (χ0n) is 11.9. The number of nitrogens with one attached hydrogen (secondary N) is 3. The van der Waals surface area contributed by atoms with Gasteiger partial charge in [0.2, 0.25) is 0 Å². The second-order valence-electron chi connectivity index (χ2n) is 4.22. The van der Waals surface area contributed by atoms with Crippen LogP contribution in [-0.2, 0) is 4.79 Å². The molecule has 20 heavy (non-hydrogen) atoms. The van der Waals surface area contributed by atoms with Crippen LogP contribution in [0.1, 0.15) is 19.8 Å². The third kappa shape index (κ3) is 6.08. The molecule has 0 unspecified atom stereocenters. The maximum Gasteiger partial charge on any atom is 0.321 e. The van der Waals surface area contributed by atoms with Crippen molar-refractivity contribution in [3.8, 4) is 5.75 Å². The fourth-order valence-corrected chi connectivity index (χ4v) is 1.45. The lowest BCUT2D eigenvalue weighted by Crippen LogP contribution is -2.41. The summed E-state index contributed by atoms with van der Waals surface area (Å²) < 4.78 is 5.27. The van der Waals surface area contributed by atoms with E-state index in [1.54, 1.807) is 12.1 Å². The number of carbonyl (C=O) groups excluding carboxylic acids is 2. The Labute approximate surface area is 118 Å². The highest BCUT2D eigenvalue weighted by Gasteiger charge is 2.07. The van der Waals surface area contributed by atoms with Crippen molar-refractivity contribution in [2.24, 2.45) is 0 Å². The number of anilines is 1. The Hall–Kier alpha value is -2.24. The van der Waals surface area contributed by atoms with Gasteiger partial charge in [0.25, 0.3) is 5.91 Å². The van der Waals surface area contributed by atoms with Crippen LogP contribution in [0.4, 0.5) is 10.5 Å². The van der Waals surface area contributed by atoms with Crippen LogP contribution in [0.15, 0.2) is 24.3 Å². The lowest BCUT2D eigenvalue weighted by molar-refractivity contribution is -0.122. The maximum absolute atomic E-state index is 11.5. The van der Waals surface area contributed by atoms with Crippen LogP contribution in [-0.4, -0.2) is 32.1 Å². The minimum atomic E-state index is -0.488. The Kier molecular flexibility index (Phi) is 6.95. The predicted molar refractivity (Wildman–Crippen MR) is 77.9 cm³/mol. The summed E-state index contributed by atoms with van der Waals surface area (Å²) in [5.41, 5.74) is 0.956. The van der Waals surface area contributed by atoms with Crippen LogP contribution in [0.2, 0.25) is 0 Å². The van der Waals surface area contributed by atoms with Gasteiger partial charge in [-0.25, -0.2) is 4.79 Å². The van der Waals surface area contributed by atoms with Gasteiger partial charge in [-0.2, -0.15) is 0 Å². The van der Waals surface area contributed by atoms with Crippen molar-refractivity contribution in [1.29, 1.82) is 0 Å². The standard InChI is InChI=1S/C14H21N3O3/c1-3-4-9-16-14(19)17-13(18)10-20-12-7-5-11(15-2)6-8-12/h5-8,15H,3-4,9-10H2,1-2H3,(H2,16,17,18,19). The van der Waals surface area contributed by atoms with Crippen molar-refractivity contribution in [1.82, 2.24) is 10.6 Å². The second-order valence-corrected chi connectivity index (χ2v) is 4.22. The molecule has 6 nitrogen and oxygen atoms in total. The zero-order valence-corrected chi connectivity index (χ0v) is 11.9. The van der Waals surface area contributed by atoms with E-state index in [-0.39, 0.29) is 6.61 Å². The van der Waals surface area contributed by atoms with Crippen molar-refractivity contribution in [2.75, 3.05) is 25.5 Å². The summed E-state index contributed by atoms with van der Waals surface area (Å²) in [5.74, 6) is 0.0993. The molecular weight excluding hydrogens is 258 g/mol. The fraction of sp³-hybridized carbons (Fsp3) is 0.429. The first kappa shape index (κ1) is 15.8. The quantitative estimate of drug-likeness (QED) is 0.664. The molecule has 0 aliphatic carbocycles. The van der Waals surface area contributed by atoms with E-state index in [0.717, 1.165) is 18.5 Å². The van der Waals surface area contributed by atoms with Crippen molar-refractivity contribution < 1.29 is 14.3 Å². The van der Waals surface area contributed by atoms with E-state index < -0.39 is 11.9 Å². The van der Waals surface area contributed by atoms with E-state index in [9.17, 15) is 9.59 Å². The van der Waals surface area contributed by atoms with Crippen LogP contribution in [0.25, 0.3) is 0 Å². The maximum atomic E-state index is 11.5. The molecular formula is C14H21N3O3. The van der Waals surface area contributed by atoms with Gasteiger partial charge in [0, 0.05) is 19.3 Å². The Balaban J connectivity index is 2.26. The molecule has 0 saturated carbocycles. The van der Waals surface area contributed by atoms with Gasteiger partial charge in [-0.1, -0.05) is 13.3 Å². The molecule has 0 atom stereocenters. The summed E-state index contributed by atoms with van der Waals surface area (Å²) in [6.07, 6.45) is 1.87. The predicted octanol–water partition coefficient (Wildman–Crippen LogP) is 1.73. The lowest BCUT2D eigenvalue weighted by atomic mass is 10.3. The summed E-state index contributed by atoms with van der Waals surface area (Å²) in [5, 5.41) is 7.78. The number of urea groups is 1. The van der Waals surface area contributed by atoms with Gasteiger partial charge in [0.1, 0.15) is 5.75 Å². The average molecular weight is 279 g/mol. The summed E-state index contributed by atoms with van der Waals surface area (Å²) in [7, 11) is 1.82. The largest absolute Gasteiger partial charge is 0.484 e. The topological polar surface area (TPSA) is 79.5 Å². The van der Waals surface area contributed by atoms with Crippen molar-refractivity contribution in [2.45, 2.75) is 19.8 Å². The summed E-state index contributed by atoms with van der Waals surface area (Å²) in [6.45, 7) is 2.39. The molecule has 0 aromatic heterocycles. The number of hydrogen-bond donors (Lipinski definition) is 3. The molecule has 0 bridgehead atoms. The fourth-order valence-electron chi connectivity index (χ4n) is 1.45. The number of unbranched alkanes of at least 4 members (excludes halogenated alkanes) is 1. The van der Waals surface area contributed by atoms with E-state index in [1.807, 2.05) is 26.1 Å². The molecule has 0 aliphatic heterocycles. The smallest absolute Gasteiger partial charge is 0.321 e. The van der Waals surface area contributed by atoms with E-state index in [2.05, 4.69) is 16.0 Å². The number of ether oxygens (including phenoxy) is 1. The molecule has 1 aromatic rings. The highest BCUT2D eigenvalue weighted by molar-refractivity contribution is 5.94. The summed E-state index contributed by atoms with van der Waals surface area (Å²) >= 11 is 0. The van der Waals surface area contributed by atoms with Crippen LogP contribution in [0.5, 0.6) is 5.75 Å². The van der Waals surface area contributed by atoms with Gasteiger partial charge < -0.3 is 15.4 Å². The number of carbonyl (C=O) groups is 2. The molecule has 6 heteroatoms. The molecule has 0 spiro atoms. The normalized spacial score (nSPS) is 9.70. The molecule has 3 N–H and O–H groups in total. The third-order valence-corrected chi connectivity index (χ3v) is 2.58. The zero-order chi connectivity index (χ0) is 14.8. The average Bonchev–Trinajstić information content (AvgIpc) is 2.46. The van der Waals surface area contributed by atoms with Gasteiger partial charge in [0.05, 0.1) is 0 Å². The Morgan fingerprint density at radius 2 is 1.90 bits per heavy atom. The number of amides is 3. The number of benzene rings is 1. The summed E-state index contributed by atoms with van der Waals surface area (Å²) in [4.78, 5) is 22.8. The minimum Gasteiger partial charge on any atom is -0.484 e. The molecule has 0 aliphatic rings. The van der Waals surface area contributed by atoms with Gasteiger partial charge in [-0.15, -0.1) is 0 Å². The van der Waals surface area contributed by atoms with E-state index in [0.29, 0.717) is 12.3 Å². The first-order valence-corrected chi connectivity index (χ1v) is 6.64. The van der Waals surface area contributed by atoms with E-state index in [1.165, 1.54) is 0 Å². The van der Waals surface area contributed by atoms with Gasteiger partial charge in [-0.3, -0.25) is 10.1 Å². The Morgan fingerprint density at radius 3 is 2.50 bits per heavy atom. The molecule has 0 heterocycles. The van der Waals surface area contributed by atoms with Crippen molar-refractivity contribution in [3.05, 3.63) is 24.3 Å². The van der Waals surface area contributed by atoms with Crippen molar-refractivity contribution >= 4 is 17.6 Å². The van der Waals surface area contributed by atoms with Gasteiger partial charge in [0.15, 0.2) is 6.61 Å². The molecule has 0 fully saturated rings. The molecule has 0 saturated heterocycles. The van der Waals surface area contributed by atoms with Crippen LogP contribution >= 0.6 is 0 Å². The minimum absolute atomic E-state index is 0.194. The monoisotopic (exact) mass is 279 g/mol. The molecule has 0 radical (unpaired) electrons. The molecule has 3 amide bonds. The first-order valence-electron chi connectivity index (χ1n) is 6.64. The summed E-state index contributed by atoms with van der Waals surface area (Å²) in [6, 6.07) is 6.69. The first-order chi connectivity index (χ1) is 9.65. The number of hydrogen-bond acceptors (Lipinski definition) is 4. The molecule has 1 rings (SSSR count). The van der Waals surface area contributed by atoms with Gasteiger partial charge in [-0.05, 0) is 30.7 Å². The Morgan fingerprint density at radius 1 is 1.20 bits per heavy atom. The third-order valence-electron chi connectivity index (χ3n) is 2.58. The second kappa shape index (κ2) is 8.79. The SMILES string of the molecule is CCCCNC(=O)NC(=O)COc1ccc(NC)cc1. The lowest BCUT2D eigenvalue weighted by Gasteiger charge is -2.08. The van der Waals surface area contributed by atoms with E-state index in [4.69, 9.17) is 4.74 Å². The number of imide groups is 1. The van der Waals surface area contributed by atoms with Crippen LogP contribution in [0, 0.1) is 0 Å². The number of rotatable bonds is 7. The highest BCUT2D eigenvalue weighted by Crippen LogP contribution is 2.14. The highest BCUT2D eigenvalue weighted by atomic mass is 16.5. The Bertz CT molecular complexity index is 432. The van der Waals surface area contributed by atoms with Gasteiger partial charge >= 0.3 is 6.03 Å². The van der Waals surface area contributed by atoms with Crippen molar-refractivity contribution in [3.63, 3.8) is 0 Å². The molecule has 1 aromatic carbocycles. The van der Waals surface area contributed by atoms with Crippen LogP contribution < -0.4 is 20.7 Å². The van der Waals surface area contributed by atoms with E-state index >= 15 is 0 Å².